The molecule has 3 rings (SSSR count). The van der Waals surface area contributed by atoms with Crippen molar-refractivity contribution in [1.29, 1.82) is 0 Å². The number of carbonyl (C=O) groups excluding carboxylic acids is 1. The first-order valence-corrected chi connectivity index (χ1v) is 8.95. The first kappa shape index (κ1) is 16.3. The molecule has 4 heteroatoms. The molecule has 1 aliphatic carbocycles. The van der Waals surface area contributed by atoms with Gasteiger partial charge >= 0.3 is 0 Å². The Morgan fingerprint density at radius 1 is 1.35 bits per heavy atom. The number of anilines is 1. The molecule has 2 fully saturated rings. The van der Waals surface area contributed by atoms with Gasteiger partial charge in [-0.2, -0.15) is 0 Å². The zero-order chi connectivity index (χ0) is 16.3. The molecule has 1 amide bonds. The van der Waals surface area contributed by atoms with Crippen LogP contribution in [0.5, 0.6) is 0 Å². The lowest BCUT2D eigenvalue weighted by Gasteiger charge is -2.25. The lowest BCUT2D eigenvalue weighted by Crippen LogP contribution is -2.38. The number of likely N-dealkylation sites (N-methyl/N-ethyl adjacent to an activating group) is 1. The molecule has 1 heterocycles. The maximum absolute atomic E-state index is 12.4. The van der Waals surface area contributed by atoms with Gasteiger partial charge in [0.1, 0.15) is 0 Å². The number of nitrogens with one attached hydrogen (secondary N) is 2. The second-order valence-electron chi connectivity index (χ2n) is 7.03. The smallest absolute Gasteiger partial charge is 0.223 e. The van der Waals surface area contributed by atoms with Gasteiger partial charge in [0.15, 0.2) is 0 Å². The highest BCUT2D eigenvalue weighted by molar-refractivity contribution is 5.82. The molecule has 0 bridgehead atoms. The number of nitrogens with zero attached hydrogens (tertiary/aromatic N) is 1. The standard InChI is InChI=1S/C19H29N3O/c1-3-22(17-7-5-4-6-15(17)2)13-12-21-18(23)16-14-19(16)8-10-20-11-9-19/h4-7,16,20H,3,8-14H2,1-2H3,(H,21,23). The minimum atomic E-state index is 0.262. The highest BCUT2D eigenvalue weighted by atomic mass is 16.2. The fourth-order valence-electron chi connectivity index (χ4n) is 4.00. The van der Waals surface area contributed by atoms with Gasteiger partial charge in [-0.05, 0) is 63.2 Å². The number of para-hydroxylation sites is 1. The first-order chi connectivity index (χ1) is 11.2. The van der Waals surface area contributed by atoms with Crippen molar-refractivity contribution >= 4 is 11.6 Å². The first-order valence-electron chi connectivity index (χ1n) is 8.95. The molecule has 1 saturated heterocycles. The van der Waals surface area contributed by atoms with E-state index in [0.29, 0.717) is 5.41 Å². The van der Waals surface area contributed by atoms with Crippen molar-refractivity contribution in [2.24, 2.45) is 11.3 Å². The minimum absolute atomic E-state index is 0.262. The van der Waals surface area contributed by atoms with Crippen molar-refractivity contribution in [3.05, 3.63) is 29.8 Å². The minimum Gasteiger partial charge on any atom is -0.370 e. The van der Waals surface area contributed by atoms with Crippen LogP contribution in [-0.4, -0.2) is 38.6 Å². The Bertz CT molecular complexity index is 551. The van der Waals surface area contributed by atoms with Crippen molar-refractivity contribution in [3.8, 4) is 0 Å². The van der Waals surface area contributed by atoms with E-state index in [1.165, 1.54) is 11.3 Å². The van der Waals surface area contributed by atoms with Crippen LogP contribution in [0.1, 0.15) is 31.7 Å². The van der Waals surface area contributed by atoms with Crippen molar-refractivity contribution in [2.45, 2.75) is 33.1 Å². The third-order valence-corrected chi connectivity index (χ3v) is 5.62. The van der Waals surface area contributed by atoms with Crippen LogP contribution in [0, 0.1) is 18.3 Å². The van der Waals surface area contributed by atoms with Crippen LogP contribution in [-0.2, 0) is 4.79 Å². The van der Waals surface area contributed by atoms with Crippen molar-refractivity contribution in [2.75, 3.05) is 37.6 Å². The van der Waals surface area contributed by atoms with Gasteiger partial charge in [0, 0.05) is 31.2 Å². The van der Waals surface area contributed by atoms with Crippen LogP contribution in [0.2, 0.25) is 0 Å². The molecule has 0 radical (unpaired) electrons. The number of hydrogen-bond donors (Lipinski definition) is 2. The second-order valence-corrected chi connectivity index (χ2v) is 7.03. The van der Waals surface area contributed by atoms with E-state index in [9.17, 15) is 4.79 Å². The molecule has 1 aromatic rings. The average Bonchev–Trinajstić information content (AvgIpc) is 3.26. The van der Waals surface area contributed by atoms with Gasteiger partial charge in [0.05, 0.1) is 0 Å². The number of hydrogen-bond acceptors (Lipinski definition) is 3. The molecule has 4 nitrogen and oxygen atoms in total. The van der Waals surface area contributed by atoms with Gasteiger partial charge in [0.2, 0.25) is 5.91 Å². The summed E-state index contributed by atoms with van der Waals surface area (Å²) in [6.45, 7) is 9.00. The van der Waals surface area contributed by atoms with E-state index in [2.05, 4.69) is 53.6 Å². The van der Waals surface area contributed by atoms with Crippen LogP contribution in [0.25, 0.3) is 0 Å². The monoisotopic (exact) mass is 315 g/mol. The van der Waals surface area contributed by atoms with Crippen molar-refractivity contribution < 1.29 is 4.79 Å². The van der Waals surface area contributed by atoms with Crippen LogP contribution in [0.3, 0.4) is 0 Å². The van der Waals surface area contributed by atoms with Gasteiger partial charge in [0.25, 0.3) is 0 Å². The molecule has 2 N–H and O–H groups in total. The third-order valence-electron chi connectivity index (χ3n) is 5.62. The summed E-state index contributed by atoms with van der Waals surface area (Å²) in [5.74, 6) is 0.533. The maximum Gasteiger partial charge on any atom is 0.223 e. The molecule has 1 spiro atoms. The molecule has 1 saturated carbocycles. The van der Waals surface area contributed by atoms with E-state index >= 15 is 0 Å². The van der Waals surface area contributed by atoms with E-state index in [4.69, 9.17) is 0 Å². The number of amides is 1. The van der Waals surface area contributed by atoms with E-state index < -0.39 is 0 Å². The third kappa shape index (κ3) is 3.52. The summed E-state index contributed by atoms with van der Waals surface area (Å²) >= 11 is 0. The molecule has 1 unspecified atom stereocenters. The number of benzene rings is 1. The van der Waals surface area contributed by atoms with Crippen LogP contribution < -0.4 is 15.5 Å². The lowest BCUT2D eigenvalue weighted by atomic mass is 9.92. The summed E-state index contributed by atoms with van der Waals surface area (Å²) in [4.78, 5) is 14.7. The Kier molecular flexibility index (Phi) is 4.90. The van der Waals surface area contributed by atoms with Crippen molar-refractivity contribution in [1.82, 2.24) is 10.6 Å². The normalized spacial score (nSPS) is 21.9. The molecule has 0 aromatic heterocycles. The largest absolute Gasteiger partial charge is 0.370 e. The Balaban J connectivity index is 1.47. The summed E-state index contributed by atoms with van der Waals surface area (Å²) in [5, 5.41) is 6.56. The molecule has 126 valence electrons. The van der Waals surface area contributed by atoms with E-state index in [0.717, 1.165) is 52.0 Å². The quantitative estimate of drug-likeness (QED) is 0.847. The summed E-state index contributed by atoms with van der Waals surface area (Å²) in [6, 6.07) is 8.45. The predicted molar refractivity (Wildman–Crippen MR) is 94.7 cm³/mol. The van der Waals surface area contributed by atoms with Gasteiger partial charge in [-0.1, -0.05) is 18.2 Å². The summed E-state index contributed by atoms with van der Waals surface area (Å²) < 4.78 is 0. The molecule has 1 aliphatic heterocycles. The number of aryl methyl sites for hydroxylation is 1. The van der Waals surface area contributed by atoms with Crippen LogP contribution in [0.4, 0.5) is 5.69 Å². The maximum atomic E-state index is 12.4. The molecular formula is C19H29N3O. The summed E-state index contributed by atoms with van der Waals surface area (Å²) in [6.07, 6.45) is 3.42. The number of rotatable bonds is 6. The topological polar surface area (TPSA) is 44.4 Å². The summed E-state index contributed by atoms with van der Waals surface area (Å²) in [5.41, 5.74) is 2.89. The van der Waals surface area contributed by atoms with E-state index in [-0.39, 0.29) is 11.8 Å². The predicted octanol–water partition coefficient (Wildman–Crippen LogP) is 2.33. The molecule has 1 atom stereocenters. The Hall–Kier alpha value is -1.55. The van der Waals surface area contributed by atoms with Crippen LogP contribution >= 0.6 is 0 Å². The summed E-state index contributed by atoms with van der Waals surface area (Å²) in [7, 11) is 0. The Morgan fingerprint density at radius 2 is 2.09 bits per heavy atom. The number of piperidine rings is 1. The van der Waals surface area contributed by atoms with E-state index in [1.807, 2.05) is 0 Å². The Morgan fingerprint density at radius 3 is 2.78 bits per heavy atom. The molecular weight excluding hydrogens is 286 g/mol. The van der Waals surface area contributed by atoms with Crippen molar-refractivity contribution in [3.63, 3.8) is 0 Å². The van der Waals surface area contributed by atoms with Gasteiger partial charge in [-0.15, -0.1) is 0 Å². The van der Waals surface area contributed by atoms with E-state index in [1.54, 1.807) is 0 Å². The van der Waals surface area contributed by atoms with Crippen LogP contribution in [0.15, 0.2) is 24.3 Å². The molecule has 2 aliphatic rings. The molecule has 23 heavy (non-hydrogen) atoms. The average molecular weight is 315 g/mol. The SMILES string of the molecule is CCN(CCNC(=O)C1CC12CCNCC2)c1ccccc1C. The fourth-order valence-corrected chi connectivity index (χ4v) is 4.00. The zero-order valence-electron chi connectivity index (χ0n) is 14.4. The molecule has 1 aromatic carbocycles. The van der Waals surface area contributed by atoms with Gasteiger partial charge in [-0.25, -0.2) is 0 Å². The zero-order valence-corrected chi connectivity index (χ0v) is 14.4. The Labute approximate surface area is 139 Å². The fraction of sp³-hybridized carbons (Fsp3) is 0.632. The lowest BCUT2D eigenvalue weighted by molar-refractivity contribution is -0.123. The number of carbonyl (C=O) groups is 1. The van der Waals surface area contributed by atoms with Gasteiger partial charge in [-0.3, -0.25) is 4.79 Å². The van der Waals surface area contributed by atoms with Gasteiger partial charge < -0.3 is 15.5 Å². The highest BCUT2D eigenvalue weighted by Crippen LogP contribution is 2.58. The second kappa shape index (κ2) is 6.91. The highest BCUT2D eigenvalue weighted by Gasteiger charge is 2.57.